The number of esters is 1. The average molecular weight is 270 g/mol. The van der Waals surface area contributed by atoms with Crippen LogP contribution in [0.2, 0.25) is 0 Å². The van der Waals surface area contributed by atoms with Gasteiger partial charge >= 0.3 is 5.97 Å². The van der Waals surface area contributed by atoms with Crippen LogP contribution in [0.1, 0.15) is 47.5 Å². The zero-order chi connectivity index (χ0) is 14.5. The molecule has 0 aromatic heterocycles. The molecular formula is C15H30N2O2. The van der Waals surface area contributed by atoms with Gasteiger partial charge in [-0.15, -0.1) is 0 Å². The second-order valence-corrected chi connectivity index (χ2v) is 6.55. The maximum Gasteiger partial charge on any atom is 0.320 e. The standard InChI is InChI=1S/C15H30N2O2/c1-6-17-9-7-8-13(11-17)12(2)16-10-14(18)19-15(3,4)5/h12-13,16H,6-11H2,1-5H3. The summed E-state index contributed by atoms with van der Waals surface area (Å²) in [7, 11) is 0. The van der Waals surface area contributed by atoms with Crippen LogP contribution in [0.15, 0.2) is 0 Å². The minimum Gasteiger partial charge on any atom is -0.459 e. The van der Waals surface area contributed by atoms with Gasteiger partial charge in [0.25, 0.3) is 0 Å². The van der Waals surface area contributed by atoms with Gasteiger partial charge in [-0.25, -0.2) is 0 Å². The van der Waals surface area contributed by atoms with E-state index in [1.807, 2.05) is 20.8 Å². The number of nitrogens with one attached hydrogen (secondary N) is 1. The minimum atomic E-state index is -0.397. The average Bonchev–Trinajstić information content (AvgIpc) is 2.34. The summed E-state index contributed by atoms with van der Waals surface area (Å²) in [4.78, 5) is 14.2. The van der Waals surface area contributed by atoms with Crippen molar-refractivity contribution >= 4 is 5.97 Å². The van der Waals surface area contributed by atoms with Gasteiger partial charge in [-0.3, -0.25) is 4.79 Å². The molecule has 0 bridgehead atoms. The van der Waals surface area contributed by atoms with Crippen molar-refractivity contribution in [2.24, 2.45) is 5.92 Å². The van der Waals surface area contributed by atoms with Crippen molar-refractivity contribution in [2.75, 3.05) is 26.2 Å². The van der Waals surface area contributed by atoms with Crippen LogP contribution < -0.4 is 5.32 Å². The fraction of sp³-hybridized carbons (Fsp3) is 0.933. The van der Waals surface area contributed by atoms with Crippen LogP contribution in [0.4, 0.5) is 0 Å². The van der Waals surface area contributed by atoms with E-state index in [4.69, 9.17) is 4.74 Å². The smallest absolute Gasteiger partial charge is 0.320 e. The SMILES string of the molecule is CCN1CCCC(C(C)NCC(=O)OC(C)(C)C)C1. The molecule has 0 spiro atoms. The summed E-state index contributed by atoms with van der Waals surface area (Å²) in [5, 5.41) is 3.32. The number of hydrogen-bond acceptors (Lipinski definition) is 4. The van der Waals surface area contributed by atoms with Crippen molar-refractivity contribution in [2.45, 2.75) is 59.1 Å². The summed E-state index contributed by atoms with van der Waals surface area (Å²) in [5.74, 6) is 0.471. The van der Waals surface area contributed by atoms with Crippen molar-refractivity contribution in [3.05, 3.63) is 0 Å². The van der Waals surface area contributed by atoms with Gasteiger partial charge in [0, 0.05) is 12.6 Å². The van der Waals surface area contributed by atoms with E-state index in [1.54, 1.807) is 0 Å². The second kappa shape index (κ2) is 7.25. The van der Waals surface area contributed by atoms with Crippen molar-refractivity contribution in [3.8, 4) is 0 Å². The van der Waals surface area contributed by atoms with Crippen molar-refractivity contribution in [1.82, 2.24) is 10.2 Å². The van der Waals surface area contributed by atoms with Gasteiger partial charge in [0.15, 0.2) is 0 Å². The molecule has 4 heteroatoms. The number of carbonyl (C=O) groups excluding carboxylic acids is 1. The summed E-state index contributed by atoms with van der Waals surface area (Å²) < 4.78 is 5.31. The van der Waals surface area contributed by atoms with E-state index in [0.717, 1.165) is 13.1 Å². The fourth-order valence-electron chi connectivity index (χ4n) is 2.58. The van der Waals surface area contributed by atoms with Crippen molar-refractivity contribution < 1.29 is 9.53 Å². The molecule has 0 aromatic rings. The summed E-state index contributed by atoms with van der Waals surface area (Å²) in [6, 6.07) is 0.363. The van der Waals surface area contributed by atoms with E-state index in [2.05, 4.69) is 24.1 Å². The highest BCUT2D eigenvalue weighted by Gasteiger charge is 2.24. The lowest BCUT2D eigenvalue weighted by Crippen LogP contribution is -2.46. The molecule has 19 heavy (non-hydrogen) atoms. The maximum absolute atomic E-state index is 11.7. The topological polar surface area (TPSA) is 41.6 Å². The third-order valence-electron chi connectivity index (χ3n) is 3.68. The predicted molar refractivity (Wildman–Crippen MR) is 78.1 cm³/mol. The third kappa shape index (κ3) is 6.39. The Labute approximate surface area is 117 Å². The Hall–Kier alpha value is -0.610. The first-order valence-electron chi connectivity index (χ1n) is 7.49. The third-order valence-corrected chi connectivity index (χ3v) is 3.68. The highest BCUT2D eigenvalue weighted by molar-refractivity contribution is 5.72. The number of carbonyl (C=O) groups is 1. The first-order valence-corrected chi connectivity index (χ1v) is 7.49. The molecule has 1 N–H and O–H groups in total. The van der Waals surface area contributed by atoms with E-state index in [9.17, 15) is 4.79 Å². The summed E-state index contributed by atoms with van der Waals surface area (Å²) in [5.41, 5.74) is -0.397. The molecule has 1 fully saturated rings. The zero-order valence-electron chi connectivity index (χ0n) is 13.2. The fourth-order valence-corrected chi connectivity index (χ4v) is 2.58. The van der Waals surface area contributed by atoms with E-state index in [0.29, 0.717) is 18.5 Å². The lowest BCUT2D eigenvalue weighted by Gasteiger charge is -2.35. The molecule has 0 aliphatic carbocycles. The van der Waals surface area contributed by atoms with Crippen LogP contribution in [0.5, 0.6) is 0 Å². The van der Waals surface area contributed by atoms with Crippen molar-refractivity contribution in [1.29, 1.82) is 0 Å². The van der Waals surface area contributed by atoms with E-state index in [1.165, 1.54) is 19.4 Å². The lowest BCUT2D eigenvalue weighted by molar-refractivity contribution is -0.153. The van der Waals surface area contributed by atoms with Gasteiger partial charge < -0.3 is 15.0 Å². The Balaban J connectivity index is 2.30. The van der Waals surface area contributed by atoms with Gasteiger partial charge in [-0.05, 0) is 59.5 Å². The van der Waals surface area contributed by atoms with Gasteiger partial charge in [0.1, 0.15) is 5.60 Å². The van der Waals surface area contributed by atoms with Crippen LogP contribution in [-0.2, 0) is 9.53 Å². The second-order valence-electron chi connectivity index (χ2n) is 6.55. The monoisotopic (exact) mass is 270 g/mol. The molecule has 1 saturated heterocycles. The van der Waals surface area contributed by atoms with Crippen LogP contribution in [0, 0.1) is 5.92 Å². The quantitative estimate of drug-likeness (QED) is 0.776. The Morgan fingerprint density at radius 1 is 1.47 bits per heavy atom. The number of rotatable bonds is 5. The van der Waals surface area contributed by atoms with E-state index >= 15 is 0 Å². The van der Waals surface area contributed by atoms with Crippen LogP contribution >= 0.6 is 0 Å². The van der Waals surface area contributed by atoms with Gasteiger partial charge in [0.2, 0.25) is 0 Å². The molecule has 0 radical (unpaired) electrons. The Bertz CT molecular complexity index is 286. The lowest BCUT2D eigenvalue weighted by atomic mass is 9.91. The molecular weight excluding hydrogens is 240 g/mol. The minimum absolute atomic E-state index is 0.164. The molecule has 0 saturated carbocycles. The summed E-state index contributed by atoms with van der Waals surface area (Å²) >= 11 is 0. The predicted octanol–water partition coefficient (Wildman–Crippen LogP) is 2.04. The molecule has 1 rings (SSSR count). The van der Waals surface area contributed by atoms with E-state index < -0.39 is 5.60 Å². The highest BCUT2D eigenvalue weighted by atomic mass is 16.6. The van der Waals surface area contributed by atoms with Crippen molar-refractivity contribution in [3.63, 3.8) is 0 Å². The summed E-state index contributed by atoms with van der Waals surface area (Å²) in [6.45, 7) is 13.9. The largest absolute Gasteiger partial charge is 0.459 e. The molecule has 4 nitrogen and oxygen atoms in total. The van der Waals surface area contributed by atoms with Gasteiger partial charge in [-0.2, -0.15) is 0 Å². The van der Waals surface area contributed by atoms with E-state index in [-0.39, 0.29) is 5.97 Å². The normalized spacial score (nSPS) is 23.1. The molecule has 2 atom stereocenters. The Morgan fingerprint density at radius 3 is 2.74 bits per heavy atom. The molecule has 1 aliphatic heterocycles. The van der Waals surface area contributed by atoms with Crippen LogP contribution in [-0.4, -0.2) is 48.7 Å². The molecule has 1 heterocycles. The van der Waals surface area contributed by atoms with Gasteiger partial charge in [-0.1, -0.05) is 6.92 Å². The van der Waals surface area contributed by atoms with Gasteiger partial charge in [0.05, 0.1) is 6.54 Å². The highest BCUT2D eigenvalue weighted by Crippen LogP contribution is 2.19. The first-order chi connectivity index (χ1) is 8.81. The molecule has 2 unspecified atom stereocenters. The Kier molecular flexibility index (Phi) is 6.27. The van der Waals surface area contributed by atoms with Crippen LogP contribution in [0.25, 0.3) is 0 Å². The first kappa shape index (κ1) is 16.4. The molecule has 1 aliphatic rings. The zero-order valence-corrected chi connectivity index (χ0v) is 13.2. The molecule has 112 valence electrons. The molecule has 0 amide bonds. The summed E-state index contributed by atoms with van der Waals surface area (Å²) in [6.07, 6.45) is 2.51. The maximum atomic E-state index is 11.7. The number of likely N-dealkylation sites (tertiary alicyclic amines) is 1. The molecule has 0 aromatic carbocycles. The number of nitrogens with zero attached hydrogens (tertiary/aromatic N) is 1. The number of hydrogen-bond donors (Lipinski definition) is 1. The number of ether oxygens (including phenoxy) is 1. The Morgan fingerprint density at radius 2 is 2.16 bits per heavy atom. The number of piperidine rings is 1. The van der Waals surface area contributed by atoms with Crippen LogP contribution in [0.3, 0.4) is 0 Å².